The predicted octanol–water partition coefficient (Wildman–Crippen LogP) is 2.49. The highest BCUT2D eigenvalue weighted by Gasteiger charge is 2.29. The Morgan fingerprint density at radius 3 is 2.73 bits per heavy atom. The Kier molecular flexibility index (Phi) is 8.86. The van der Waals surface area contributed by atoms with E-state index in [2.05, 4.69) is 41.1 Å². The van der Waals surface area contributed by atoms with Crippen LogP contribution in [0.1, 0.15) is 12.8 Å². The van der Waals surface area contributed by atoms with Gasteiger partial charge in [-0.1, -0.05) is 6.07 Å². The van der Waals surface area contributed by atoms with Gasteiger partial charge in [0.1, 0.15) is 6.10 Å². The van der Waals surface area contributed by atoms with Crippen LogP contribution in [-0.2, 0) is 16.1 Å². The third kappa shape index (κ3) is 5.34. The van der Waals surface area contributed by atoms with Crippen molar-refractivity contribution >= 4 is 47.3 Å². The normalized spacial score (nSPS) is 19.2. The number of nitrogens with two attached hydrogens (primary N) is 1. The molecule has 1 aliphatic rings. The van der Waals surface area contributed by atoms with Crippen LogP contribution < -0.4 is 11.1 Å². The molecule has 1 aliphatic heterocycles. The summed E-state index contributed by atoms with van der Waals surface area (Å²) in [7, 11) is 4.13. The number of anilines is 1. The van der Waals surface area contributed by atoms with Crippen molar-refractivity contribution in [3.63, 3.8) is 0 Å². The summed E-state index contributed by atoms with van der Waals surface area (Å²) in [6, 6.07) is 8.10. The van der Waals surface area contributed by atoms with Gasteiger partial charge >= 0.3 is 0 Å². The quantitative estimate of drug-likeness (QED) is 0.778. The van der Waals surface area contributed by atoms with Crippen LogP contribution in [0.5, 0.6) is 0 Å². The first-order chi connectivity index (χ1) is 11.6. The molecule has 1 saturated heterocycles. The van der Waals surface area contributed by atoms with Gasteiger partial charge in [0.15, 0.2) is 0 Å². The number of aromatic nitrogens is 1. The van der Waals surface area contributed by atoms with Crippen LogP contribution in [0, 0.1) is 0 Å². The number of ether oxygens (including phenoxy) is 1. The highest BCUT2D eigenvalue weighted by Crippen LogP contribution is 2.23. The summed E-state index contributed by atoms with van der Waals surface area (Å²) < 4.78 is 7.87. The van der Waals surface area contributed by atoms with Gasteiger partial charge in [0, 0.05) is 31.5 Å². The molecule has 0 saturated carbocycles. The Labute approximate surface area is 166 Å². The first-order valence-electron chi connectivity index (χ1n) is 8.47. The molecule has 1 aromatic carbocycles. The maximum absolute atomic E-state index is 12.4. The number of fused-ring (bicyclic) bond motifs is 1. The van der Waals surface area contributed by atoms with Crippen LogP contribution in [0.2, 0.25) is 0 Å². The molecule has 0 bridgehead atoms. The van der Waals surface area contributed by atoms with Crippen molar-refractivity contribution in [3.8, 4) is 0 Å². The van der Waals surface area contributed by atoms with Crippen molar-refractivity contribution in [3.05, 3.63) is 30.5 Å². The number of carbonyl (C=O) groups is 1. The summed E-state index contributed by atoms with van der Waals surface area (Å²) in [5.41, 5.74) is 7.53. The van der Waals surface area contributed by atoms with Crippen molar-refractivity contribution in [2.75, 3.05) is 32.5 Å². The fraction of sp³-hybridized carbons (Fsp3) is 0.500. The van der Waals surface area contributed by atoms with Gasteiger partial charge in [0.2, 0.25) is 0 Å². The maximum Gasteiger partial charge on any atom is 0.253 e. The first-order valence-corrected chi connectivity index (χ1v) is 8.47. The Morgan fingerprint density at radius 1 is 1.31 bits per heavy atom. The van der Waals surface area contributed by atoms with Gasteiger partial charge in [-0.15, -0.1) is 24.8 Å². The molecule has 0 spiro atoms. The molecule has 0 radical (unpaired) electrons. The number of rotatable bonds is 6. The van der Waals surface area contributed by atoms with E-state index in [-0.39, 0.29) is 36.8 Å². The van der Waals surface area contributed by atoms with E-state index in [0.717, 1.165) is 37.1 Å². The molecular formula is C18H28Cl2N4O2. The predicted molar refractivity (Wildman–Crippen MR) is 111 cm³/mol. The molecule has 0 unspecified atom stereocenters. The van der Waals surface area contributed by atoms with Crippen LogP contribution in [-0.4, -0.2) is 54.8 Å². The van der Waals surface area contributed by atoms with Gasteiger partial charge in [-0.3, -0.25) is 4.79 Å². The van der Waals surface area contributed by atoms with Crippen molar-refractivity contribution in [2.45, 2.75) is 31.6 Å². The fourth-order valence-electron chi connectivity index (χ4n) is 3.06. The van der Waals surface area contributed by atoms with Gasteiger partial charge in [0.05, 0.1) is 11.6 Å². The van der Waals surface area contributed by atoms with Gasteiger partial charge in [-0.2, -0.15) is 0 Å². The van der Waals surface area contributed by atoms with Gasteiger partial charge in [-0.25, -0.2) is 0 Å². The van der Waals surface area contributed by atoms with E-state index in [1.165, 1.54) is 5.39 Å². The molecule has 26 heavy (non-hydrogen) atoms. The molecule has 1 aromatic heterocycles. The summed E-state index contributed by atoms with van der Waals surface area (Å²) in [6.45, 7) is 2.35. The van der Waals surface area contributed by atoms with Crippen LogP contribution in [0.15, 0.2) is 30.5 Å². The molecule has 3 N–H and O–H groups in total. The van der Waals surface area contributed by atoms with E-state index in [1.54, 1.807) is 0 Å². The largest absolute Gasteiger partial charge is 0.364 e. The zero-order valence-corrected chi connectivity index (χ0v) is 16.8. The molecule has 146 valence electrons. The lowest BCUT2D eigenvalue weighted by Crippen LogP contribution is -2.29. The summed E-state index contributed by atoms with van der Waals surface area (Å²) in [6.07, 6.45) is 3.28. The zero-order chi connectivity index (χ0) is 17.1. The molecule has 2 heterocycles. The van der Waals surface area contributed by atoms with Crippen LogP contribution >= 0.6 is 24.8 Å². The molecule has 1 fully saturated rings. The van der Waals surface area contributed by atoms with Crippen molar-refractivity contribution < 1.29 is 9.53 Å². The van der Waals surface area contributed by atoms with E-state index in [4.69, 9.17) is 10.5 Å². The second-order valence-electron chi connectivity index (χ2n) is 6.64. The lowest BCUT2D eigenvalue weighted by Gasteiger charge is -2.14. The van der Waals surface area contributed by atoms with E-state index in [9.17, 15) is 4.79 Å². The van der Waals surface area contributed by atoms with E-state index in [1.807, 2.05) is 18.2 Å². The van der Waals surface area contributed by atoms with Crippen molar-refractivity contribution in [2.24, 2.45) is 5.73 Å². The second kappa shape index (κ2) is 10.1. The average Bonchev–Trinajstić information content (AvgIpc) is 3.19. The lowest BCUT2D eigenvalue weighted by molar-refractivity contribution is -0.126. The zero-order valence-electron chi connectivity index (χ0n) is 15.2. The minimum absolute atomic E-state index is 0. The SMILES string of the molecule is CN(C)CCn1ccc2ccc(NC(=O)[C@@H]3CC[C@H](CN)O3)cc21.Cl.Cl. The van der Waals surface area contributed by atoms with Gasteiger partial charge < -0.3 is 25.3 Å². The van der Waals surface area contributed by atoms with E-state index < -0.39 is 6.10 Å². The molecule has 3 rings (SSSR count). The standard InChI is InChI=1S/C18H26N4O2.2ClH/c1-21(2)9-10-22-8-7-13-3-4-14(11-16(13)22)20-18(23)17-6-5-15(12-19)24-17;;/h3-4,7-8,11,15,17H,5-6,9-10,12,19H2,1-2H3,(H,20,23);2*1H/t15-,17+;;/m1../s1. The number of amides is 1. The molecule has 2 aromatic rings. The topological polar surface area (TPSA) is 72.5 Å². The highest BCUT2D eigenvalue weighted by molar-refractivity contribution is 5.96. The van der Waals surface area contributed by atoms with Gasteiger partial charge in [-0.05, 0) is 50.5 Å². The smallest absolute Gasteiger partial charge is 0.253 e. The lowest BCUT2D eigenvalue weighted by atomic mass is 10.2. The maximum atomic E-state index is 12.4. The number of hydrogen-bond acceptors (Lipinski definition) is 4. The number of benzene rings is 1. The molecule has 6 nitrogen and oxygen atoms in total. The summed E-state index contributed by atoms with van der Waals surface area (Å²) >= 11 is 0. The minimum atomic E-state index is -0.394. The molecular weight excluding hydrogens is 375 g/mol. The summed E-state index contributed by atoms with van der Waals surface area (Å²) in [5.74, 6) is -0.0864. The van der Waals surface area contributed by atoms with Crippen LogP contribution in [0.4, 0.5) is 5.69 Å². The number of halogens is 2. The Bertz CT molecular complexity index is 720. The number of carbonyl (C=O) groups excluding carboxylic acids is 1. The molecule has 2 atom stereocenters. The highest BCUT2D eigenvalue weighted by atomic mass is 35.5. The molecule has 0 aliphatic carbocycles. The third-order valence-electron chi connectivity index (χ3n) is 4.49. The third-order valence-corrected chi connectivity index (χ3v) is 4.49. The summed E-state index contributed by atoms with van der Waals surface area (Å²) in [5, 5.41) is 4.15. The van der Waals surface area contributed by atoms with Gasteiger partial charge in [0.25, 0.3) is 5.91 Å². The number of likely N-dealkylation sites (N-methyl/N-ethyl adjacent to an activating group) is 1. The Balaban J connectivity index is 0.00000169. The monoisotopic (exact) mass is 402 g/mol. The van der Waals surface area contributed by atoms with Crippen molar-refractivity contribution in [1.82, 2.24) is 9.47 Å². The summed E-state index contributed by atoms with van der Waals surface area (Å²) in [4.78, 5) is 14.5. The number of nitrogens with one attached hydrogen (secondary N) is 1. The molecule has 8 heteroatoms. The fourth-order valence-corrected chi connectivity index (χ4v) is 3.06. The minimum Gasteiger partial charge on any atom is -0.364 e. The van der Waals surface area contributed by atoms with E-state index in [0.29, 0.717) is 6.54 Å². The van der Waals surface area contributed by atoms with Crippen LogP contribution in [0.3, 0.4) is 0 Å². The van der Waals surface area contributed by atoms with Crippen molar-refractivity contribution in [1.29, 1.82) is 0 Å². The Morgan fingerprint density at radius 2 is 2.08 bits per heavy atom. The average molecular weight is 403 g/mol. The number of nitrogens with zero attached hydrogens (tertiary/aromatic N) is 2. The second-order valence-corrected chi connectivity index (χ2v) is 6.64. The molecule has 1 amide bonds. The van der Waals surface area contributed by atoms with E-state index >= 15 is 0 Å². The first kappa shape index (κ1) is 22.7. The van der Waals surface area contributed by atoms with Crippen LogP contribution in [0.25, 0.3) is 10.9 Å². The number of hydrogen-bond donors (Lipinski definition) is 2. The Hall–Kier alpha value is -1.31.